The molecule has 0 bridgehead atoms. The molecule has 1 aromatic carbocycles. The quantitative estimate of drug-likeness (QED) is 0.604. The molecule has 0 spiro atoms. The van der Waals surface area contributed by atoms with E-state index in [4.69, 9.17) is 14.2 Å². The fraction of sp³-hybridized carbons (Fsp3) is 0.462. The van der Waals surface area contributed by atoms with Crippen LogP contribution in [0.4, 0.5) is 0 Å². The smallest absolute Gasteiger partial charge is 0.235 e. The normalized spacial score (nSPS) is 19.2. The van der Waals surface area contributed by atoms with Crippen molar-refractivity contribution in [2.75, 3.05) is 13.9 Å². The molecule has 0 amide bonds. The van der Waals surface area contributed by atoms with Crippen molar-refractivity contribution in [3.05, 3.63) is 23.3 Å². The number of isocyanates is 1. The average molecular weight is 247 g/mol. The molecule has 0 atom stereocenters. The van der Waals surface area contributed by atoms with Gasteiger partial charge in [-0.05, 0) is 25.0 Å². The molecule has 1 aliphatic heterocycles. The summed E-state index contributed by atoms with van der Waals surface area (Å²) >= 11 is 0. The molecule has 2 aliphatic rings. The predicted molar refractivity (Wildman–Crippen MR) is 62.3 cm³/mol. The topological polar surface area (TPSA) is 57.1 Å². The molecular weight excluding hydrogens is 234 g/mol. The van der Waals surface area contributed by atoms with Crippen LogP contribution in [-0.2, 0) is 21.7 Å². The van der Waals surface area contributed by atoms with E-state index in [-0.39, 0.29) is 6.79 Å². The fourth-order valence-electron chi connectivity index (χ4n) is 2.29. The first-order chi connectivity index (χ1) is 8.79. The van der Waals surface area contributed by atoms with Gasteiger partial charge < -0.3 is 14.2 Å². The first-order valence-corrected chi connectivity index (χ1v) is 5.80. The SMILES string of the molecule is COc1cc2c(cc1C1(N=C=O)CC1)OCOC2. The Hall–Kier alpha value is -1.84. The minimum atomic E-state index is -0.455. The highest BCUT2D eigenvalue weighted by molar-refractivity contribution is 5.53. The summed E-state index contributed by atoms with van der Waals surface area (Å²) in [6.45, 7) is 0.763. The Morgan fingerprint density at radius 1 is 1.44 bits per heavy atom. The molecule has 1 fully saturated rings. The maximum absolute atomic E-state index is 10.5. The summed E-state index contributed by atoms with van der Waals surface area (Å²) in [6.07, 6.45) is 3.34. The largest absolute Gasteiger partial charge is 0.496 e. The van der Waals surface area contributed by atoms with Crippen molar-refractivity contribution in [1.82, 2.24) is 0 Å². The average Bonchev–Trinajstić information content (AvgIpc) is 3.18. The van der Waals surface area contributed by atoms with E-state index in [1.807, 2.05) is 12.1 Å². The third-order valence-electron chi connectivity index (χ3n) is 3.42. The van der Waals surface area contributed by atoms with Gasteiger partial charge in [-0.1, -0.05) is 0 Å². The molecule has 0 unspecified atom stereocenters. The molecule has 1 saturated carbocycles. The van der Waals surface area contributed by atoms with Crippen molar-refractivity contribution >= 4 is 6.08 Å². The van der Waals surface area contributed by atoms with Crippen molar-refractivity contribution in [2.24, 2.45) is 4.99 Å². The van der Waals surface area contributed by atoms with Crippen LogP contribution in [0.2, 0.25) is 0 Å². The molecule has 0 saturated heterocycles. The van der Waals surface area contributed by atoms with Gasteiger partial charge in [-0.15, -0.1) is 0 Å². The van der Waals surface area contributed by atoms with E-state index in [0.29, 0.717) is 6.61 Å². The molecule has 0 N–H and O–H groups in total. The van der Waals surface area contributed by atoms with Gasteiger partial charge in [-0.25, -0.2) is 4.79 Å². The zero-order valence-electron chi connectivity index (χ0n) is 10.1. The highest BCUT2D eigenvalue weighted by Crippen LogP contribution is 2.53. The highest BCUT2D eigenvalue weighted by Gasteiger charge is 2.47. The van der Waals surface area contributed by atoms with E-state index < -0.39 is 5.54 Å². The number of rotatable bonds is 3. The van der Waals surface area contributed by atoms with Gasteiger partial charge in [-0.3, -0.25) is 0 Å². The number of hydrogen-bond acceptors (Lipinski definition) is 5. The molecule has 1 aliphatic carbocycles. The second-order valence-electron chi connectivity index (χ2n) is 4.51. The van der Waals surface area contributed by atoms with Crippen molar-refractivity contribution in [3.8, 4) is 11.5 Å². The third-order valence-corrected chi connectivity index (χ3v) is 3.42. The lowest BCUT2D eigenvalue weighted by Gasteiger charge is -2.22. The molecule has 1 heterocycles. The Bertz CT molecular complexity index is 530. The Labute approximate surface area is 104 Å². The second kappa shape index (κ2) is 4.12. The van der Waals surface area contributed by atoms with Crippen LogP contribution in [0.15, 0.2) is 17.1 Å². The molecule has 1 aromatic rings. The van der Waals surface area contributed by atoms with Gasteiger partial charge in [0.05, 0.1) is 13.7 Å². The van der Waals surface area contributed by atoms with E-state index in [0.717, 1.165) is 35.5 Å². The number of methoxy groups -OCH3 is 1. The maximum Gasteiger partial charge on any atom is 0.235 e. The number of hydrogen-bond donors (Lipinski definition) is 0. The molecule has 0 radical (unpaired) electrons. The number of carbonyl (C=O) groups excluding carboxylic acids is 1. The van der Waals surface area contributed by atoms with Crippen LogP contribution in [0.1, 0.15) is 24.0 Å². The number of aliphatic imine (C=N–C) groups is 1. The van der Waals surface area contributed by atoms with Gasteiger partial charge in [0.2, 0.25) is 6.08 Å². The summed E-state index contributed by atoms with van der Waals surface area (Å²) in [6, 6.07) is 3.80. The molecule has 94 valence electrons. The molecular formula is C13H13NO4. The van der Waals surface area contributed by atoms with E-state index in [1.54, 1.807) is 13.2 Å². The molecule has 0 aromatic heterocycles. The Morgan fingerprint density at radius 2 is 2.28 bits per heavy atom. The van der Waals surface area contributed by atoms with Gasteiger partial charge in [0.25, 0.3) is 0 Å². The first-order valence-electron chi connectivity index (χ1n) is 5.80. The van der Waals surface area contributed by atoms with Gasteiger partial charge in [-0.2, -0.15) is 4.99 Å². The summed E-state index contributed by atoms with van der Waals surface area (Å²) in [5.74, 6) is 1.50. The van der Waals surface area contributed by atoms with Crippen LogP contribution >= 0.6 is 0 Å². The molecule has 18 heavy (non-hydrogen) atoms. The number of nitrogens with zero attached hydrogens (tertiary/aromatic N) is 1. The molecule has 5 nitrogen and oxygen atoms in total. The third kappa shape index (κ3) is 1.68. The van der Waals surface area contributed by atoms with Crippen LogP contribution < -0.4 is 9.47 Å². The van der Waals surface area contributed by atoms with E-state index in [1.165, 1.54) is 0 Å². The van der Waals surface area contributed by atoms with Crippen molar-refractivity contribution in [3.63, 3.8) is 0 Å². The summed E-state index contributed by atoms with van der Waals surface area (Å²) < 4.78 is 16.1. The van der Waals surface area contributed by atoms with Crippen LogP contribution in [0.5, 0.6) is 11.5 Å². The molecule has 5 heteroatoms. The summed E-state index contributed by atoms with van der Waals surface area (Å²) in [7, 11) is 1.61. The summed E-state index contributed by atoms with van der Waals surface area (Å²) in [5, 5.41) is 0. The Kier molecular flexibility index (Phi) is 2.58. The highest BCUT2D eigenvalue weighted by atomic mass is 16.7. The van der Waals surface area contributed by atoms with Gasteiger partial charge in [0.1, 0.15) is 17.0 Å². The van der Waals surface area contributed by atoms with Crippen molar-refractivity contribution in [2.45, 2.75) is 25.0 Å². The number of benzene rings is 1. The lowest BCUT2D eigenvalue weighted by molar-refractivity contribution is -0.0166. The Balaban J connectivity index is 2.10. The first kappa shape index (κ1) is 11.3. The fourth-order valence-corrected chi connectivity index (χ4v) is 2.29. The van der Waals surface area contributed by atoms with E-state index >= 15 is 0 Å². The van der Waals surface area contributed by atoms with Crippen molar-refractivity contribution < 1.29 is 19.0 Å². The maximum atomic E-state index is 10.5. The van der Waals surface area contributed by atoms with Crippen LogP contribution in [0.25, 0.3) is 0 Å². The standard InChI is InChI=1S/C13H13NO4/c1-16-12-4-9-6-17-8-18-11(9)5-10(12)13(2-3-13)14-7-15/h4-5H,2-3,6,8H2,1H3. The monoisotopic (exact) mass is 247 g/mol. The molecule has 3 rings (SSSR count). The van der Waals surface area contributed by atoms with E-state index in [2.05, 4.69) is 4.99 Å². The summed E-state index contributed by atoms with van der Waals surface area (Å²) in [4.78, 5) is 14.5. The lowest BCUT2D eigenvalue weighted by atomic mass is 10.0. The predicted octanol–water partition coefficient (Wildman–Crippen LogP) is 1.89. The number of fused-ring (bicyclic) bond motifs is 1. The van der Waals surface area contributed by atoms with Gasteiger partial charge in [0.15, 0.2) is 6.79 Å². The lowest BCUT2D eigenvalue weighted by Crippen LogP contribution is -2.14. The zero-order chi connectivity index (χ0) is 12.6. The van der Waals surface area contributed by atoms with Crippen LogP contribution in [-0.4, -0.2) is 20.0 Å². The van der Waals surface area contributed by atoms with Gasteiger partial charge in [0, 0.05) is 11.1 Å². The van der Waals surface area contributed by atoms with Crippen LogP contribution in [0.3, 0.4) is 0 Å². The van der Waals surface area contributed by atoms with Gasteiger partial charge >= 0.3 is 0 Å². The van der Waals surface area contributed by atoms with E-state index in [9.17, 15) is 4.79 Å². The number of ether oxygens (including phenoxy) is 3. The second-order valence-corrected chi connectivity index (χ2v) is 4.51. The van der Waals surface area contributed by atoms with Crippen LogP contribution in [0, 0.1) is 0 Å². The minimum absolute atomic E-state index is 0.253. The Morgan fingerprint density at radius 3 is 2.94 bits per heavy atom. The van der Waals surface area contributed by atoms with Crippen molar-refractivity contribution in [1.29, 1.82) is 0 Å². The zero-order valence-corrected chi connectivity index (χ0v) is 10.1. The summed E-state index contributed by atoms with van der Waals surface area (Å²) in [5.41, 5.74) is 1.39. The minimum Gasteiger partial charge on any atom is -0.496 e.